The van der Waals surface area contributed by atoms with E-state index in [1.807, 2.05) is 64.6 Å². The molecule has 0 saturated heterocycles. The summed E-state index contributed by atoms with van der Waals surface area (Å²) in [6.07, 6.45) is 3.30. The molecule has 1 unspecified atom stereocenters. The third kappa shape index (κ3) is 2.63. The number of hydrogen-bond donors (Lipinski definition) is 1. The Morgan fingerprint density at radius 2 is 1.53 bits per heavy atom. The third-order valence-electron chi connectivity index (χ3n) is 6.66. The van der Waals surface area contributed by atoms with Crippen molar-refractivity contribution < 1.29 is 9.90 Å². The van der Waals surface area contributed by atoms with Crippen molar-refractivity contribution in [3.05, 3.63) is 77.1 Å². The molecular formula is C26H30N2O2. The van der Waals surface area contributed by atoms with Gasteiger partial charge >= 0.3 is 0 Å². The van der Waals surface area contributed by atoms with Crippen LogP contribution in [0.1, 0.15) is 68.6 Å². The highest BCUT2D eigenvalue weighted by Crippen LogP contribution is 2.56. The quantitative estimate of drug-likeness (QED) is 0.667. The molecule has 0 radical (unpaired) electrons. The zero-order valence-electron chi connectivity index (χ0n) is 18.6. The highest BCUT2D eigenvalue weighted by molar-refractivity contribution is 5.99. The largest absolute Gasteiger partial charge is 0.379 e. The maximum atomic E-state index is 13.7. The molecule has 0 bridgehead atoms. The van der Waals surface area contributed by atoms with E-state index in [9.17, 15) is 9.90 Å². The molecule has 0 aliphatic heterocycles. The average Bonchev–Trinajstić information content (AvgIpc) is 2.88. The van der Waals surface area contributed by atoms with Crippen molar-refractivity contribution in [2.75, 3.05) is 0 Å². The highest BCUT2D eigenvalue weighted by atomic mass is 16.3. The van der Waals surface area contributed by atoms with E-state index in [0.29, 0.717) is 11.1 Å². The first-order valence-corrected chi connectivity index (χ1v) is 10.6. The number of amides is 1. The summed E-state index contributed by atoms with van der Waals surface area (Å²) in [5, 5.41) is 14.6. The van der Waals surface area contributed by atoms with Gasteiger partial charge in [0.2, 0.25) is 0 Å². The first-order valence-electron chi connectivity index (χ1n) is 10.6. The van der Waals surface area contributed by atoms with E-state index < -0.39 is 11.0 Å². The van der Waals surface area contributed by atoms with E-state index in [-0.39, 0.29) is 18.0 Å². The van der Waals surface area contributed by atoms with Crippen molar-refractivity contribution in [3.63, 3.8) is 0 Å². The second-order valence-electron chi connectivity index (χ2n) is 9.37. The van der Waals surface area contributed by atoms with Gasteiger partial charge in [0, 0.05) is 41.0 Å². The van der Waals surface area contributed by atoms with Crippen molar-refractivity contribution in [3.8, 4) is 0 Å². The Hall–Kier alpha value is -2.72. The van der Waals surface area contributed by atoms with Crippen LogP contribution in [0.5, 0.6) is 0 Å². The topological polar surface area (TPSA) is 53.4 Å². The summed E-state index contributed by atoms with van der Waals surface area (Å²) >= 11 is 0. The van der Waals surface area contributed by atoms with E-state index in [2.05, 4.69) is 23.2 Å². The number of rotatable bonds is 4. The Labute approximate surface area is 178 Å². The summed E-state index contributed by atoms with van der Waals surface area (Å²) in [6.45, 7) is 12.2. The summed E-state index contributed by atoms with van der Waals surface area (Å²) in [4.78, 5) is 19.8. The highest BCUT2D eigenvalue weighted by Gasteiger charge is 2.55. The molecule has 1 aliphatic carbocycles. The first-order chi connectivity index (χ1) is 14.1. The Kier molecular flexibility index (Phi) is 4.74. The fourth-order valence-electron chi connectivity index (χ4n) is 5.25. The van der Waals surface area contributed by atoms with E-state index in [1.54, 1.807) is 18.5 Å². The van der Waals surface area contributed by atoms with Gasteiger partial charge in [-0.15, -0.1) is 0 Å². The van der Waals surface area contributed by atoms with Gasteiger partial charge in [-0.3, -0.25) is 9.78 Å². The van der Waals surface area contributed by atoms with Crippen LogP contribution in [0.4, 0.5) is 0 Å². The van der Waals surface area contributed by atoms with Crippen molar-refractivity contribution in [2.24, 2.45) is 0 Å². The zero-order chi connectivity index (χ0) is 21.8. The minimum atomic E-state index is -1.37. The predicted octanol–water partition coefficient (Wildman–Crippen LogP) is 5.02. The summed E-state index contributed by atoms with van der Waals surface area (Å²) < 4.78 is 0. The summed E-state index contributed by atoms with van der Waals surface area (Å²) in [6, 6.07) is 14.0. The molecule has 1 atom stereocenters. The maximum absolute atomic E-state index is 13.7. The van der Waals surface area contributed by atoms with Gasteiger partial charge in [-0.2, -0.15) is 0 Å². The first kappa shape index (κ1) is 20.5. The molecule has 0 spiro atoms. The van der Waals surface area contributed by atoms with E-state index in [0.717, 1.165) is 21.9 Å². The maximum Gasteiger partial charge on any atom is 0.254 e. The number of carbonyl (C=O) groups is 1. The lowest BCUT2D eigenvalue weighted by atomic mass is 9.68. The van der Waals surface area contributed by atoms with Crippen LogP contribution in [0.2, 0.25) is 0 Å². The van der Waals surface area contributed by atoms with Crippen LogP contribution in [0.15, 0.2) is 54.9 Å². The molecule has 1 aromatic heterocycles. The van der Waals surface area contributed by atoms with Crippen LogP contribution in [0.25, 0.3) is 10.8 Å². The Morgan fingerprint density at radius 3 is 2.13 bits per heavy atom. The lowest BCUT2D eigenvalue weighted by Crippen LogP contribution is -2.46. The van der Waals surface area contributed by atoms with Crippen LogP contribution in [-0.2, 0) is 11.0 Å². The molecule has 4 nitrogen and oxygen atoms in total. The van der Waals surface area contributed by atoms with E-state index in [4.69, 9.17) is 0 Å². The number of hydrogen-bond acceptors (Lipinski definition) is 3. The Bertz CT molecular complexity index is 1120. The standard InChI is InChI=1S/C26H30N2O2/c1-16(2)28(17(3)4)24(29)19-13-14-27-15-22(19)26(30)21-12-8-10-18-9-7-11-20(23(18)21)25(26,5)6/h7-17,30H,1-6H3. The molecule has 0 saturated carbocycles. The van der Waals surface area contributed by atoms with Crippen molar-refractivity contribution in [1.82, 2.24) is 9.88 Å². The van der Waals surface area contributed by atoms with Gasteiger partial charge in [0.1, 0.15) is 5.60 Å². The zero-order valence-corrected chi connectivity index (χ0v) is 18.6. The second kappa shape index (κ2) is 6.92. The molecule has 1 heterocycles. The van der Waals surface area contributed by atoms with Crippen LogP contribution >= 0.6 is 0 Å². The molecule has 4 heteroatoms. The normalized spacial score (nSPS) is 19.6. The molecule has 156 valence electrons. The van der Waals surface area contributed by atoms with Gasteiger partial charge in [0.25, 0.3) is 5.91 Å². The lowest BCUT2D eigenvalue weighted by molar-refractivity contribution is 0.0148. The van der Waals surface area contributed by atoms with Gasteiger partial charge in [0.15, 0.2) is 0 Å². The Balaban J connectivity index is 1.99. The number of nitrogens with zero attached hydrogens (tertiary/aromatic N) is 2. The number of carbonyl (C=O) groups excluding carboxylic acids is 1. The predicted molar refractivity (Wildman–Crippen MR) is 121 cm³/mol. The fourth-order valence-corrected chi connectivity index (χ4v) is 5.25. The van der Waals surface area contributed by atoms with Gasteiger partial charge in [0.05, 0.1) is 0 Å². The minimum absolute atomic E-state index is 0.0466. The third-order valence-corrected chi connectivity index (χ3v) is 6.66. The number of aromatic nitrogens is 1. The van der Waals surface area contributed by atoms with Crippen LogP contribution < -0.4 is 0 Å². The molecule has 0 fully saturated rings. The monoisotopic (exact) mass is 402 g/mol. The van der Waals surface area contributed by atoms with Crippen LogP contribution in [0, 0.1) is 0 Å². The average molecular weight is 403 g/mol. The van der Waals surface area contributed by atoms with Gasteiger partial charge < -0.3 is 10.0 Å². The van der Waals surface area contributed by atoms with Gasteiger partial charge in [-0.25, -0.2) is 0 Å². The molecule has 2 aromatic carbocycles. The Morgan fingerprint density at radius 1 is 0.933 bits per heavy atom. The number of aliphatic hydroxyl groups is 1. The molecular weight excluding hydrogens is 372 g/mol. The second-order valence-corrected chi connectivity index (χ2v) is 9.37. The number of benzene rings is 2. The lowest BCUT2D eigenvalue weighted by Gasteiger charge is -2.40. The van der Waals surface area contributed by atoms with E-state index in [1.165, 1.54) is 0 Å². The SMILES string of the molecule is CC(C)N(C(=O)c1ccncc1C1(O)c2cccc3cccc(c23)C1(C)C)C(C)C. The van der Waals surface area contributed by atoms with Gasteiger partial charge in [-0.05, 0) is 55.7 Å². The van der Waals surface area contributed by atoms with Crippen molar-refractivity contribution >= 4 is 16.7 Å². The molecule has 3 aromatic rings. The van der Waals surface area contributed by atoms with E-state index >= 15 is 0 Å². The number of pyridine rings is 1. The van der Waals surface area contributed by atoms with Crippen molar-refractivity contribution in [2.45, 2.75) is 64.6 Å². The molecule has 30 heavy (non-hydrogen) atoms. The summed E-state index contributed by atoms with van der Waals surface area (Å²) in [7, 11) is 0. The minimum Gasteiger partial charge on any atom is -0.379 e. The fraction of sp³-hybridized carbons (Fsp3) is 0.385. The molecule has 1 N–H and O–H groups in total. The van der Waals surface area contributed by atoms with Crippen molar-refractivity contribution in [1.29, 1.82) is 0 Å². The molecule has 4 rings (SSSR count). The smallest absolute Gasteiger partial charge is 0.254 e. The van der Waals surface area contributed by atoms with Crippen LogP contribution in [0.3, 0.4) is 0 Å². The molecule has 1 amide bonds. The van der Waals surface area contributed by atoms with Gasteiger partial charge in [-0.1, -0.05) is 50.2 Å². The van der Waals surface area contributed by atoms with Crippen LogP contribution in [-0.4, -0.2) is 33.0 Å². The molecule has 1 aliphatic rings. The summed E-state index contributed by atoms with van der Waals surface area (Å²) in [5.74, 6) is -0.0789. The summed E-state index contributed by atoms with van der Waals surface area (Å²) in [5.41, 5.74) is 1.00.